The normalized spacial score (nSPS) is 10.2. The molecular weight excluding hydrogens is 312 g/mol. The Morgan fingerprint density at radius 1 is 1.37 bits per heavy atom. The van der Waals surface area contributed by atoms with Crippen molar-refractivity contribution in [2.45, 2.75) is 12.3 Å². The van der Waals surface area contributed by atoms with Gasteiger partial charge in [-0.3, -0.25) is 15.1 Å². The number of aromatic nitrogens is 1. The number of alkyl halides is 1. The van der Waals surface area contributed by atoms with Gasteiger partial charge < -0.3 is 4.74 Å². The van der Waals surface area contributed by atoms with Crippen LogP contribution in [-0.4, -0.2) is 9.91 Å². The second-order valence-corrected chi connectivity index (χ2v) is 4.43. The fraction of sp³-hybridized carbons (Fsp3) is 0.154. The number of benzene rings is 1. The number of hydrogen-bond acceptors (Lipinski definition) is 4. The lowest BCUT2D eigenvalue weighted by Gasteiger charge is -2.10. The molecule has 2 rings (SSSR count). The van der Waals surface area contributed by atoms with Crippen molar-refractivity contribution in [3.63, 3.8) is 0 Å². The molecule has 6 heteroatoms. The minimum absolute atomic E-state index is 0.0460. The number of rotatable bonds is 4. The van der Waals surface area contributed by atoms with Crippen LogP contribution in [0.3, 0.4) is 0 Å². The molecule has 1 aromatic carbocycles. The van der Waals surface area contributed by atoms with E-state index in [1.165, 1.54) is 12.1 Å². The number of pyridine rings is 1. The van der Waals surface area contributed by atoms with E-state index in [0.717, 1.165) is 11.3 Å². The van der Waals surface area contributed by atoms with E-state index in [4.69, 9.17) is 4.74 Å². The number of aryl methyl sites for hydroxylation is 1. The van der Waals surface area contributed by atoms with E-state index in [1.807, 2.05) is 13.0 Å². The standard InChI is InChI=1S/C13H11BrN2O3/c1-9-12(3-2-6-15-9)19-13-5-4-11(16(17)18)7-10(13)8-14/h2-7H,8H2,1H3. The average molecular weight is 323 g/mol. The summed E-state index contributed by atoms with van der Waals surface area (Å²) in [5, 5.41) is 11.2. The summed E-state index contributed by atoms with van der Waals surface area (Å²) in [5.74, 6) is 1.22. The molecule has 0 amide bonds. The third-order valence-electron chi connectivity index (χ3n) is 2.58. The number of nitro benzene ring substituents is 1. The molecule has 0 aliphatic rings. The smallest absolute Gasteiger partial charge is 0.270 e. The van der Waals surface area contributed by atoms with Gasteiger partial charge in [-0.05, 0) is 25.1 Å². The minimum Gasteiger partial charge on any atom is -0.455 e. The molecule has 0 spiro atoms. The lowest BCUT2D eigenvalue weighted by Crippen LogP contribution is -1.95. The zero-order chi connectivity index (χ0) is 13.8. The van der Waals surface area contributed by atoms with Gasteiger partial charge in [-0.25, -0.2) is 0 Å². The van der Waals surface area contributed by atoms with Gasteiger partial charge >= 0.3 is 0 Å². The molecule has 0 saturated carbocycles. The van der Waals surface area contributed by atoms with Crippen LogP contribution < -0.4 is 4.74 Å². The first-order chi connectivity index (χ1) is 9.11. The van der Waals surface area contributed by atoms with Crippen LogP contribution in [0.25, 0.3) is 0 Å². The molecule has 2 aromatic rings. The maximum atomic E-state index is 10.7. The monoisotopic (exact) mass is 322 g/mol. The van der Waals surface area contributed by atoms with Gasteiger partial charge in [0.05, 0.1) is 10.6 Å². The fourth-order valence-electron chi connectivity index (χ4n) is 1.58. The molecule has 0 saturated heterocycles. The topological polar surface area (TPSA) is 65.3 Å². The summed E-state index contributed by atoms with van der Waals surface area (Å²) in [7, 11) is 0. The first-order valence-electron chi connectivity index (χ1n) is 5.54. The first kappa shape index (κ1) is 13.5. The molecule has 0 N–H and O–H groups in total. The Hall–Kier alpha value is -1.95. The molecule has 98 valence electrons. The Morgan fingerprint density at radius 2 is 2.16 bits per heavy atom. The van der Waals surface area contributed by atoms with Crippen molar-refractivity contribution in [1.82, 2.24) is 4.98 Å². The number of halogens is 1. The highest BCUT2D eigenvalue weighted by Crippen LogP contribution is 2.31. The molecule has 0 unspecified atom stereocenters. The predicted octanol–water partition coefficient (Wildman–Crippen LogP) is 3.99. The Bertz CT molecular complexity index is 617. The van der Waals surface area contributed by atoms with E-state index < -0.39 is 4.92 Å². The van der Waals surface area contributed by atoms with E-state index >= 15 is 0 Å². The van der Waals surface area contributed by atoms with Crippen LogP contribution in [0.4, 0.5) is 5.69 Å². The van der Waals surface area contributed by atoms with E-state index in [-0.39, 0.29) is 5.69 Å². The maximum Gasteiger partial charge on any atom is 0.270 e. The van der Waals surface area contributed by atoms with Gasteiger partial charge in [-0.15, -0.1) is 0 Å². The molecule has 5 nitrogen and oxygen atoms in total. The van der Waals surface area contributed by atoms with Gasteiger partial charge in [0.15, 0.2) is 0 Å². The molecule has 0 fully saturated rings. The van der Waals surface area contributed by atoms with E-state index in [9.17, 15) is 10.1 Å². The average Bonchev–Trinajstić information content (AvgIpc) is 2.41. The second kappa shape index (κ2) is 5.79. The summed E-state index contributed by atoms with van der Waals surface area (Å²) in [6.07, 6.45) is 1.68. The van der Waals surface area contributed by atoms with Crippen LogP contribution in [0.5, 0.6) is 11.5 Å². The van der Waals surface area contributed by atoms with Crippen molar-refractivity contribution in [3.05, 3.63) is 57.9 Å². The van der Waals surface area contributed by atoms with E-state index in [0.29, 0.717) is 16.8 Å². The summed E-state index contributed by atoms with van der Waals surface area (Å²) in [6.45, 7) is 1.84. The van der Waals surface area contributed by atoms with Crippen molar-refractivity contribution in [2.75, 3.05) is 0 Å². The van der Waals surface area contributed by atoms with Crippen LogP contribution in [0, 0.1) is 17.0 Å². The number of nitro groups is 1. The Morgan fingerprint density at radius 3 is 2.79 bits per heavy atom. The fourth-order valence-corrected chi connectivity index (χ4v) is 2.02. The van der Waals surface area contributed by atoms with Gasteiger partial charge in [0.2, 0.25) is 0 Å². The zero-order valence-electron chi connectivity index (χ0n) is 10.2. The highest BCUT2D eigenvalue weighted by Gasteiger charge is 2.12. The largest absolute Gasteiger partial charge is 0.455 e. The van der Waals surface area contributed by atoms with Gasteiger partial charge in [-0.1, -0.05) is 15.9 Å². The zero-order valence-corrected chi connectivity index (χ0v) is 11.8. The van der Waals surface area contributed by atoms with E-state index in [2.05, 4.69) is 20.9 Å². The van der Waals surface area contributed by atoms with Crippen LogP contribution >= 0.6 is 15.9 Å². The third kappa shape index (κ3) is 3.08. The highest BCUT2D eigenvalue weighted by molar-refractivity contribution is 9.08. The second-order valence-electron chi connectivity index (χ2n) is 3.87. The van der Waals surface area contributed by atoms with Gasteiger partial charge in [0, 0.05) is 29.2 Å². The molecular formula is C13H11BrN2O3. The Labute approximate surface area is 118 Å². The molecule has 1 aromatic heterocycles. The number of nitrogens with zero attached hydrogens (tertiary/aromatic N) is 2. The maximum absolute atomic E-state index is 10.7. The number of hydrogen-bond donors (Lipinski definition) is 0. The summed E-state index contributed by atoms with van der Waals surface area (Å²) in [6, 6.07) is 8.10. The summed E-state index contributed by atoms with van der Waals surface area (Å²) >= 11 is 3.31. The Balaban J connectivity index is 2.35. The van der Waals surface area contributed by atoms with Crippen molar-refractivity contribution < 1.29 is 9.66 Å². The Kier molecular flexibility index (Phi) is 4.11. The lowest BCUT2D eigenvalue weighted by molar-refractivity contribution is -0.384. The van der Waals surface area contributed by atoms with Crippen LogP contribution in [-0.2, 0) is 5.33 Å². The lowest BCUT2D eigenvalue weighted by atomic mass is 10.2. The molecule has 0 atom stereocenters. The first-order valence-corrected chi connectivity index (χ1v) is 6.66. The molecule has 0 aliphatic heterocycles. The quantitative estimate of drug-likeness (QED) is 0.485. The summed E-state index contributed by atoms with van der Waals surface area (Å²) < 4.78 is 5.75. The van der Waals surface area contributed by atoms with E-state index in [1.54, 1.807) is 18.3 Å². The predicted molar refractivity (Wildman–Crippen MR) is 74.8 cm³/mol. The molecule has 0 radical (unpaired) electrons. The van der Waals surface area contributed by atoms with Gasteiger partial charge in [-0.2, -0.15) is 0 Å². The van der Waals surface area contributed by atoms with Crippen molar-refractivity contribution >= 4 is 21.6 Å². The SMILES string of the molecule is Cc1ncccc1Oc1ccc([N+](=O)[O-])cc1CBr. The van der Waals surface area contributed by atoms with Gasteiger partial charge in [0.1, 0.15) is 11.5 Å². The highest BCUT2D eigenvalue weighted by atomic mass is 79.9. The van der Waals surface area contributed by atoms with Crippen molar-refractivity contribution in [1.29, 1.82) is 0 Å². The van der Waals surface area contributed by atoms with Crippen molar-refractivity contribution in [2.24, 2.45) is 0 Å². The molecule has 1 heterocycles. The van der Waals surface area contributed by atoms with Gasteiger partial charge in [0.25, 0.3) is 5.69 Å². The number of non-ortho nitro benzene ring substituents is 1. The summed E-state index contributed by atoms with van der Waals surface area (Å²) in [5.41, 5.74) is 1.53. The summed E-state index contributed by atoms with van der Waals surface area (Å²) in [4.78, 5) is 14.4. The van der Waals surface area contributed by atoms with Crippen LogP contribution in [0.15, 0.2) is 36.5 Å². The molecule has 19 heavy (non-hydrogen) atoms. The van der Waals surface area contributed by atoms with Crippen LogP contribution in [0.1, 0.15) is 11.3 Å². The third-order valence-corrected chi connectivity index (χ3v) is 3.18. The molecule has 0 bridgehead atoms. The molecule has 0 aliphatic carbocycles. The number of ether oxygens (including phenoxy) is 1. The van der Waals surface area contributed by atoms with Crippen LogP contribution in [0.2, 0.25) is 0 Å². The van der Waals surface area contributed by atoms with Crippen molar-refractivity contribution in [3.8, 4) is 11.5 Å². The minimum atomic E-state index is -0.425.